The quantitative estimate of drug-likeness (QED) is 0.484. The van der Waals surface area contributed by atoms with Crippen LogP contribution in [0.2, 0.25) is 0 Å². The van der Waals surface area contributed by atoms with Crippen LogP contribution in [0, 0.1) is 0 Å². The first-order chi connectivity index (χ1) is 16.5. The van der Waals surface area contributed by atoms with Crippen molar-refractivity contribution in [1.29, 1.82) is 0 Å². The predicted octanol–water partition coefficient (Wildman–Crippen LogP) is 5.86. The summed E-state index contributed by atoms with van der Waals surface area (Å²) in [4.78, 5) is 26.8. The van der Waals surface area contributed by atoms with Crippen LogP contribution < -0.4 is 9.47 Å². The molecule has 2 aliphatic carbocycles. The van der Waals surface area contributed by atoms with Gasteiger partial charge in [-0.1, -0.05) is 54.5 Å². The highest BCUT2D eigenvalue weighted by molar-refractivity contribution is 6.04. The fraction of sp³-hybridized carbons (Fsp3) is 0.379. The Morgan fingerprint density at radius 1 is 1.03 bits per heavy atom. The van der Waals surface area contributed by atoms with E-state index < -0.39 is 5.92 Å². The van der Waals surface area contributed by atoms with Gasteiger partial charge < -0.3 is 14.2 Å². The summed E-state index contributed by atoms with van der Waals surface area (Å²) in [6.45, 7) is 4.22. The fourth-order valence-corrected chi connectivity index (χ4v) is 5.33. The zero-order chi connectivity index (χ0) is 24.2. The van der Waals surface area contributed by atoms with Crippen molar-refractivity contribution in [3.63, 3.8) is 0 Å². The SMILES string of the molecule is CCc1c(C2C(C(=O)OCc3ccccc3)=C(C)CC3=C2C(=O)CCC3)ccc(OC)c1OC. The zero-order valence-electron chi connectivity index (χ0n) is 20.4. The van der Waals surface area contributed by atoms with Crippen molar-refractivity contribution in [2.24, 2.45) is 0 Å². The molecule has 0 N–H and O–H groups in total. The summed E-state index contributed by atoms with van der Waals surface area (Å²) in [6, 6.07) is 13.5. The number of allylic oxidation sites excluding steroid dienone is 3. The third-order valence-corrected chi connectivity index (χ3v) is 6.86. The Hall–Kier alpha value is -3.34. The predicted molar refractivity (Wildman–Crippen MR) is 131 cm³/mol. The van der Waals surface area contributed by atoms with Crippen molar-refractivity contribution < 1.29 is 23.8 Å². The lowest BCUT2D eigenvalue weighted by Crippen LogP contribution is -2.28. The topological polar surface area (TPSA) is 61.8 Å². The van der Waals surface area contributed by atoms with Crippen LogP contribution in [0.5, 0.6) is 11.5 Å². The number of esters is 1. The molecule has 178 valence electrons. The maximum Gasteiger partial charge on any atom is 0.335 e. The number of rotatable bonds is 7. The molecule has 0 amide bonds. The molecule has 0 bridgehead atoms. The van der Waals surface area contributed by atoms with Gasteiger partial charge in [-0.2, -0.15) is 0 Å². The largest absolute Gasteiger partial charge is 0.493 e. The van der Waals surface area contributed by atoms with Crippen LogP contribution in [0.3, 0.4) is 0 Å². The Balaban J connectivity index is 1.83. The molecule has 2 aromatic carbocycles. The molecule has 5 nitrogen and oxygen atoms in total. The number of hydrogen-bond donors (Lipinski definition) is 0. The Labute approximate surface area is 201 Å². The number of carbonyl (C=O) groups excluding carboxylic acids is 2. The number of methoxy groups -OCH3 is 2. The first-order valence-electron chi connectivity index (χ1n) is 11.9. The summed E-state index contributed by atoms with van der Waals surface area (Å²) >= 11 is 0. The number of benzene rings is 2. The summed E-state index contributed by atoms with van der Waals surface area (Å²) < 4.78 is 17.0. The number of carbonyl (C=O) groups is 2. The van der Waals surface area contributed by atoms with Gasteiger partial charge in [0.2, 0.25) is 0 Å². The van der Waals surface area contributed by atoms with E-state index in [9.17, 15) is 9.59 Å². The summed E-state index contributed by atoms with van der Waals surface area (Å²) in [5, 5.41) is 0. The third kappa shape index (κ3) is 4.39. The van der Waals surface area contributed by atoms with Crippen LogP contribution in [0.4, 0.5) is 0 Å². The molecule has 0 saturated carbocycles. The van der Waals surface area contributed by atoms with E-state index in [4.69, 9.17) is 14.2 Å². The lowest BCUT2D eigenvalue weighted by Gasteiger charge is -2.34. The lowest BCUT2D eigenvalue weighted by atomic mass is 9.69. The Kier molecular flexibility index (Phi) is 7.20. The van der Waals surface area contributed by atoms with Gasteiger partial charge in [0, 0.05) is 29.0 Å². The molecule has 0 spiro atoms. The molecule has 0 heterocycles. The highest BCUT2D eigenvalue weighted by atomic mass is 16.5. The van der Waals surface area contributed by atoms with E-state index in [2.05, 4.69) is 0 Å². The molecule has 0 radical (unpaired) electrons. The van der Waals surface area contributed by atoms with Gasteiger partial charge in [-0.25, -0.2) is 4.79 Å². The van der Waals surface area contributed by atoms with E-state index in [1.165, 1.54) is 0 Å². The average molecular weight is 461 g/mol. The Bertz CT molecular complexity index is 1160. The number of ether oxygens (including phenoxy) is 3. The van der Waals surface area contributed by atoms with E-state index in [0.717, 1.165) is 46.3 Å². The van der Waals surface area contributed by atoms with E-state index >= 15 is 0 Å². The molecule has 2 aliphatic rings. The van der Waals surface area contributed by atoms with E-state index in [1.54, 1.807) is 14.2 Å². The Morgan fingerprint density at radius 3 is 2.47 bits per heavy atom. The van der Waals surface area contributed by atoms with Crippen molar-refractivity contribution in [2.45, 2.75) is 58.5 Å². The van der Waals surface area contributed by atoms with Crippen molar-refractivity contribution in [3.05, 3.63) is 81.4 Å². The first-order valence-corrected chi connectivity index (χ1v) is 11.9. The molecule has 0 fully saturated rings. The summed E-state index contributed by atoms with van der Waals surface area (Å²) in [6.07, 6.45) is 3.57. The maximum absolute atomic E-state index is 13.6. The van der Waals surface area contributed by atoms with Gasteiger partial charge >= 0.3 is 5.97 Å². The fourth-order valence-electron chi connectivity index (χ4n) is 5.33. The summed E-state index contributed by atoms with van der Waals surface area (Å²) in [5.41, 5.74) is 6.24. The average Bonchev–Trinajstić information content (AvgIpc) is 2.86. The van der Waals surface area contributed by atoms with Gasteiger partial charge in [0.25, 0.3) is 0 Å². The van der Waals surface area contributed by atoms with Crippen LogP contribution >= 0.6 is 0 Å². The second-order valence-electron chi connectivity index (χ2n) is 8.88. The van der Waals surface area contributed by atoms with Crippen molar-refractivity contribution in [1.82, 2.24) is 0 Å². The van der Waals surface area contributed by atoms with Gasteiger partial charge in [0.15, 0.2) is 17.3 Å². The van der Waals surface area contributed by atoms with Gasteiger partial charge in [-0.3, -0.25) is 4.79 Å². The zero-order valence-corrected chi connectivity index (χ0v) is 20.4. The Morgan fingerprint density at radius 2 is 1.79 bits per heavy atom. The van der Waals surface area contributed by atoms with Crippen LogP contribution in [-0.2, 0) is 27.4 Å². The smallest absolute Gasteiger partial charge is 0.335 e. The van der Waals surface area contributed by atoms with Crippen molar-refractivity contribution >= 4 is 11.8 Å². The molecule has 0 aromatic heterocycles. The van der Waals surface area contributed by atoms with Crippen LogP contribution in [0.25, 0.3) is 0 Å². The van der Waals surface area contributed by atoms with Crippen molar-refractivity contribution in [3.8, 4) is 11.5 Å². The van der Waals surface area contributed by atoms with E-state index in [1.807, 2.05) is 56.3 Å². The minimum absolute atomic E-state index is 0.129. The standard InChI is InChI=1S/C29H32O5/c1-5-21-22(14-15-24(32-3)28(21)33-4)27-25(29(31)34-17-19-10-7-6-8-11-19)18(2)16-20-12-9-13-23(30)26(20)27/h6-8,10-11,14-15,27H,5,9,12-13,16-17H2,1-4H3. The van der Waals surface area contributed by atoms with Gasteiger partial charge in [-0.15, -0.1) is 0 Å². The highest BCUT2D eigenvalue weighted by Gasteiger charge is 2.40. The number of hydrogen-bond acceptors (Lipinski definition) is 5. The van der Waals surface area contributed by atoms with Crippen LogP contribution in [0.1, 0.15) is 62.1 Å². The van der Waals surface area contributed by atoms with Crippen LogP contribution in [0.15, 0.2) is 64.8 Å². The second kappa shape index (κ2) is 10.3. The minimum Gasteiger partial charge on any atom is -0.493 e. The molecule has 34 heavy (non-hydrogen) atoms. The third-order valence-electron chi connectivity index (χ3n) is 6.86. The minimum atomic E-state index is -0.463. The van der Waals surface area contributed by atoms with E-state index in [-0.39, 0.29) is 18.4 Å². The molecule has 1 atom stereocenters. The summed E-state index contributed by atoms with van der Waals surface area (Å²) in [7, 11) is 3.23. The first kappa shape index (κ1) is 23.8. The number of ketones is 1. The molecule has 0 aliphatic heterocycles. The summed E-state index contributed by atoms with van der Waals surface area (Å²) in [5.74, 6) is 0.580. The van der Waals surface area contributed by atoms with Gasteiger partial charge in [0.05, 0.1) is 14.2 Å². The number of Topliss-reactive ketones (excluding diaryl/α,β-unsaturated/α-hetero) is 1. The molecule has 5 heteroatoms. The molecular weight excluding hydrogens is 428 g/mol. The molecule has 1 unspecified atom stereocenters. The molecule has 4 rings (SSSR count). The van der Waals surface area contributed by atoms with Crippen molar-refractivity contribution in [2.75, 3.05) is 14.2 Å². The van der Waals surface area contributed by atoms with Crippen LogP contribution in [-0.4, -0.2) is 26.0 Å². The maximum atomic E-state index is 13.6. The van der Waals surface area contributed by atoms with Gasteiger partial charge in [-0.05, 0) is 49.8 Å². The molecular formula is C29H32O5. The molecule has 2 aromatic rings. The monoisotopic (exact) mass is 460 g/mol. The second-order valence-corrected chi connectivity index (χ2v) is 8.88. The normalized spacial score (nSPS) is 18.0. The van der Waals surface area contributed by atoms with Gasteiger partial charge in [0.1, 0.15) is 6.61 Å². The lowest BCUT2D eigenvalue weighted by molar-refractivity contribution is -0.140. The highest BCUT2D eigenvalue weighted by Crippen LogP contribution is 2.49. The van der Waals surface area contributed by atoms with E-state index in [0.29, 0.717) is 36.3 Å². The molecule has 0 saturated heterocycles.